The molecule has 0 aliphatic carbocycles. The molecule has 3 aromatic rings. The summed E-state index contributed by atoms with van der Waals surface area (Å²) < 4.78 is 59.4. The highest BCUT2D eigenvalue weighted by Crippen LogP contribution is 2.51. The number of carbonyl (C=O) groups excluding carboxylic acids is 2. The molecule has 7 nitrogen and oxygen atoms in total. The zero-order chi connectivity index (χ0) is 25.2. The summed E-state index contributed by atoms with van der Waals surface area (Å²) in [7, 11) is 0. The molecule has 3 aromatic carbocycles. The minimum absolute atomic E-state index is 0.00526. The van der Waals surface area contributed by atoms with Crippen LogP contribution < -0.4 is 20.5 Å². The van der Waals surface area contributed by atoms with Crippen LogP contribution in [-0.2, 0) is 23.4 Å². The Labute approximate surface area is 202 Å². The molecular weight excluding hydrogens is 489 g/mol. The van der Waals surface area contributed by atoms with Crippen LogP contribution in [0.2, 0.25) is 5.02 Å². The van der Waals surface area contributed by atoms with Crippen molar-refractivity contribution < 1.29 is 37.0 Å². The first-order valence-corrected chi connectivity index (χ1v) is 10.6. The second-order valence-electron chi connectivity index (χ2n) is 7.67. The first kappa shape index (κ1) is 24.2. The number of benzene rings is 3. The lowest BCUT2D eigenvalue weighted by atomic mass is 9.84. The number of ether oxygens (including phenoxy) is 3. The van der Waals surface area contributed by atoms with Crippen molar-refractivity contribution in [3.63, 3.8) is 0 Å². The van der Waals surface area contributed by atoms with Crippen molar-refractivity contribution in [2.45, 2.75) is 24.8 Å². The van der Waals surface area contributed by atoms with Gasteiger partial charge in [-0.2, -0.15) is 13.2 Å². The van der Waals surface area contributed by atoms with Crippen molar-refractivity contribution in [3.8, 4) is 11.5 Å². The lowest BCUT2D eigenvalue weighted by Gasteiger charge is -2.40. The summed E-state index contributed by atoms with van der Waals surface area (Å²) >= 11 is 5.98. The van der Waals surface area contributed by atoms with Gasteiger partial charge in [0, 0.05) is 22.6 Å². The van der Waals surface area contributed by atoms with Gasteiger partial charge in [0.05, 0.1) is 5.69 Å². The zero-order valence-electron chi connectivity index (χ0n) is 17.9. The van der Waals surface area contributed by atoms with Crippen molar-refractivity contribution in [1.29, 1.82) is 0 Å². The first-order chi connectivity index (χ1) is 16.6. The standard InChI is InChI=1S/C24H18ClF3N2O5/c25-16-6-8-19-18(11-16)23(24(26,27)28,35-22(32)30-19)12-15-10-17(7-9-20(15)34-21(29)31)33-13-14-4-2-1-3-5-14/h1-11H,12-13H2,(H2,29,31)(H,30,32). The highest BCUT2D eigenvalue weighted by molar-refractivity contribution is 6.30. The molecule has 11 heteroatoms. The number of amides is 2. The van der Waals surface area contributed by atoms with Crippen LogP contribution in [0, 0.1) is 0 Å². The van der Waals surface area contributed by atoms with Crippen LogP contribution in [-0.4, -0.2) is 18.4 Å². The fraction of sp³-hybridized carbons (Fsp3) is 0.167. The number of cyclic esters (lactones) is 1. The summed E-state index contributed by atoms with van der Waals surface area (Å²) in [6.07, 6.45) is -8.54. The normalized spacial score (nSPS) is 17.1. The number of nitrogens with one attached hydrogen (secondary N) is 1. The van der Waals surface area contributed by atoms with E-state index in [1.54, 1.807) is 0 Å². The molecule has 1 unspecified atom stereocenters. The molecule has 1 atom stereocenters. The second-order valence-corrected chi connectivity index (χ2v) is 8.11. The largest absolute Gasteiger partial charge is 0.489 e. The quantitative estimate of drug-likeness (QED) is 0.431. The average molecular weight is 507 g/mol. The van der Waals surface area contributed by atoms with Gasteiger partial charge in [0.15, 0.2) is 0 Å². The van der Waals surface area contributed by atoms with Gasteiger partial charge in [0.25, 0.3) is 0 Å². The van der Waals surface area contributed by atoms with Gasteiger partial charge in [0.1, 0.15) is 18.1 Å². The zero-order valence-corrected chi connectivity index (χ0v) is 18.7. The van der Waals surface area contributed by atoms with E-state index in [1.807, 2.05) is 30.3 Å². The molecule has 1 heterocycles. The predicted octanol–water partition coefficient (Wildman–Crippen LogP) is 5.94. The van der Waals surface area contributed by atoms with Crippen LogP contribution in [0.5, 0.6) is 11.5 Å². The van der Waals surface area contributed by atoms with Gasteiger partial charge in [-0.25, -0.2) is 9.59 Å². The number of hydrogen-bond acceptors (Lipinski definition) is 5. The molecule has 182 valence electrons. The molecule has 0 spiro atoms. The Balaban J connectivity index is 1.78. The summed E-state index contributed by atoms with van der Waals surface area (Å²) in [6, 6.07) is 16.7. The molecule has 1 aliphatic rings. The molecule has 0 fully saturated rings. The Morgan fingerprint density at radius 2 is 1.83 bits per heavy atom. The maximum Gasteiger partial charge on any atom is 0.433 e. The fourth-order valence-corrected chi connectivity index (χ4v) is 3.92. The number of hydrogen-bond donors (Lipinski definition) is 2. The number of rotatable bonds is 6. The first-order valence-electron chi connectivity index (χ1n) is 10.2. The van der Waals surface area contributed by atoms with Crippen molar-refractivity contribution >= 4 is 29.5 Å². The van der Waals surface area contributed by atoms with Crippen LogP contribution in [0.4, 0.5) is 28.4 Å². The number of carbonyl (C=O) groups is 2. The van der Waals surface area contributed by atoms with Crippen molar-refractivity contribution in [1.82, 2.24) is 0 Å². The number of anilines is 1. The molecule has 4 rings (SSSR count). The highest BCUT2D eigenvalue weighted by Gasteiger charge is 2.62. The van der Waals surface area contributed by atoms with Crippen LogP contribution in [0.3, 0.4) is 0 Å². The Hall–Kier alpha value is -3.92. The minimum Gasteiger partial charge on any atom is -0.489 e. The van der Waals surface area contributed by atoms with Crippen molar-refractivity contribution in [2.24, 2.45) is 5.73 Å². The van der Waals surface area contributed by atoms with Gasteiger partial charge in [-0.3, -0.25) is 5.32 Å². The Morgan fingerprint density at radius 3 is 2.51 bits per heavy atom. The third-order valence-corrected chi connectivity index (χ3v) is 5.54. The van der Waals surface area contributed by atoms with Crippen LogP contribution in [0.1, 0.15) is 16.7 Å². The van der Waals surface area contributed by atoms with Gasteiger partial charge >= 0.3 is 18.4 Å². The molecule has 35 heavy (non-hydrogen) atoms. The lowest BCUT2D eigenvalue weighted by Crippen LogP contribution is -2.51. The van der Waals surface area contributed by atoms with Gasteiger partial charge in [-0.05, 0) is 42.0 Å². The van der Waals surface area contributed by atoms with Gasteiger partial charge in [-0.15, -0.1) is 0 Å². The van der Waals surface area contributed by atoms with Crippen LogP contribution >= 0.6 is 11.6 Å². The van der Waals surface area contributed by atoms with Crippen molar-refractivity contribution in [2.75, 3.05) is 5.32 Å². The summed E-state index contributed by atoms with van der Waals surface area (Å²) in [5, 5.41) is 2.25. The van der Waals surface area contributed by atoms with Crippen LogP contribution in [0.15, 0.2) is 66.7 Å². The minimum atomic E-state index is -5.07. The van der Waals surface area contributed by atoms with E-state index in [4.69, 9.17) is 31.5 Å². The third kappa shape index (κ3) is 5.12. The SMILES string of the molecule is NC(=O)Oc1ccc(OCc2ccccc2)cc1CC1(C(F)(F)F)OC(=O)Nc2ccc(Cl)cc21. The smallest absolute Gasteiger partial charge is 0.433 e. The number of fused-ring (bicyclic) bond motifs is 1. The Bertz CT molecular complexity index is 1270. The number of alkyl halides is 3. The van der Waals surface area contributed by atoms with E-state index in [2.05, 4.69) is 5.32 Å². The summed E-state index contributed by atoms with van der Waals surface area (Å²) in [4.78, 5) is 23.6. The summed E-state index contributed by atoms with van der Waals surface area (Å²) in [6.45, 7) is 0.137. The monoisotopic (exact) mass is 506 g/mol. The van der Waals surface area contributed by atoms with E-state index in [-0.39, 0.29) is 34.4 Å². The van der Waals surface area contributed by atoms with E-state index in [0.717, 1.165) is 11.6 Å². The maximum atomic E-state index is 14.6. The molecule has 0 saturated carbocycles. The summed E-state index contributed by atoms with van der Waals surface area (Å²) in [5.41, 5.74) is 2.15. The number of primary amides is 1. The summed E-state index contributed by atoms with van der Waals surface area (Å²) in [5.74, 6) is -0.0454. The molecular formula is C24H18ClF3N2O5. The molecule has 0 bridgehead atoms. The fourth-order valence-electron chi connectivity index (χ4n) is 3.75. The Kier molecular flexibility index (Phi) is 6.49. The molecule has 0 saturated heterocycles. The average Bonchev–Trinajstić information content (AvgIpc) is 2.79. The number of nitrogens with two attached hydrogens (primary N) is 1. The lowest BCUT2D eigenvalue weighted by molar-refractivity contribution is -0.264. The van der Waals surface area contributed by atoms with E-state index < -0.39 is 35.9 Å². The topological polar surface area (TPSA) is 99.9 Å². The molecule has 2 amide bonds. The molecule has 0 radical (unpaired) electrons. The molecule has 0 aromatic heterocycles. The van der Waals surface area contributed by atoms with Gasteiger partial charge in [0.2, 0.25) is 5.60 Å². The van der Waals surface area contributed by atoms with E-state index >= 15 is 0 Å². The van der Waals surface area contributed by atoms with Gasteiger partial charge in [-0.1, -0.05) is 41.9 Å². The van der Waals surface area contributed by atoms with Crippen molar-refractivity contribution in [3.05, 3.63) is 88.4 Å². The third-order valence-electron chi connectivity index (χ3n) is 5.31. The van der Waals surface area contributed by atoms with E-state index in [1.165, 1.54) is 30.3 Å². The van der Waals surface area contributed by atoms with E-state index in [0.29, 0.717) is 0 Å². The van der Waals surface area contributed by atoms with E-state index in [9.17, 15) is 22.8 Å². The molecule has 3 N–H and O–H groups in total. The molecule has 1 aliphatic heterocycles. The number of halogens is 4. The second kappa shape index (κ2) is 9.38. The van der Waals surface area contributed by atoms with Crippen LogP contribution in [0.25, 0.3) is 0 Å². The highest BCUT2D eigenvalue weighted by atomic mass is 35.5. The van der Waals surface area contributed by atoms with Gasteiger partial charge < -0.3 is 19.9 Å². The Morgan fingerprint density at radius 1 is 1.09 bits per heavy atom. The predicted molar refractivity (Wildman–Crippen MR) is 120 cm³/mol. The maximum absolute atomic E-state index is 14.6.